The van der Waals surface area contributed by atoms with E-state index in [-0.39, 0.29) is 27.3 Å². The third kappa shape index (κ3) is 4.34. The number of nitrogens with zero attached hydrogens (tertiary/aromatic N) is 3. The van der Waals surface area contributed by atoms with E-state index in [2.05, 4.69) is 10.3 Å². The van der Waals surface area contributed by atoms with Crippen molar-refractivity contribution in [1.82, 2.24) is 9.55 Å². The largest absolute Gasteiger partial charge is 0.478 e. The Labute approximate surface area is 189 Å². The molecule has 0 unspecified atom stereocenters. The van der Waals surface area contributed by atoms with E-state index in [0.717, 1.165) is 21.5 Å². The van der Waals surface area contributed by atoms with Crippen LogP contribution in [0.3, 0.4) is 0 Å². The highest BCUT2D eigenvalue weighted by Gasteiger charge is 2.21. The molecule has 4 aromatic rings. The van der Waals surface area contributed by atoms with Gasteiger partial charge in [-0.1, -0.05) is 29.8 Å². The normalized spacial score (nSPS) is 10.8. The average molecular weight is 464 g/mol. The third-order valence-corrected chi connectivity index (χ3v) is 5.77. The first kappa shape index (κ1) is 21.8. The molecule has 0 aliphatic rings. The maximum absolute atomic E-state index is 13.3. The van der Waals surface area contributed by atoms with Crippen molar-refractivity contribution in [2.45, 2.75) is 13.5 Å². The van der Waals surface area contributed by atoms with Gasteiger partial charge in [-0.05, 0) is 19.1 Å². The smallest absolute Gasteiger partial charge is 0.337 e. The van der Waals surface area contributed by atoms with Gasteiger partial charge in [-0.2, -0.15) is 0 Å². The highest BCUT2D eigenvalue weighted by molar-refractivity contribution is 7.17. The van der Waals surface area contributed by atoms with Gasteiger partial charge in [0.25, 0.3) is 11.2 Å². The van der Waals surface area contributed by atoms with Gasteiger partial charge in [0.2, 0.25) is 5.91 Å². The number of non-ortho nitro benzene ring substituents is 1. The van der Waals surface area contributed by atoms with Gasteiger partial charge in [0.1, 0.15) is 17.2 Å². The zero-order valence-corrected chi connectivity index (χ0v) is 18.0. The molecule has 2 aromatic carbocycles. The fourth-order valence-electron chi connectivity index (χ4n) is 3.26. The fraction of sp³-hybridized carbons (Fsp3) is 0.0909. The minimum absolute atomic E-state index is 0.0634. The lowest BCUT2D eigenvalue weighted by molar-refractivity contribution is -0.384. The summed E-state index contributed by atoms with van der Waals surface area (Å²) >= 11 is 1.04. The van der Waals surface area contributed by atoms with Crippen LogP contribution in [-0.4, -0.2) is 31.5 Å². The van der Waals surface area contributed by atoms with E-state index < -0.39 is 28.9 Å². The summed E-state index contributed by atoms with van der Waals surface area (Å²) in [6, 6.07) is 12.5. The van der Waals surface area contributed by atoms with Crippen molar-refractivity contribution >= 4 is 44.8 Å². The van der Waals surface area contributed by atoms with E-state index in [0.29, 0.717) is 11.3 Å². The van der Waals surface area contributed by atoms with Crippen LogP contribution in [0.1, 0.15) is 15.9 Å². The number of hydrogen-bond donors (Lipinski definition) is 2. The molecule has 0 spiro atoms. The molecule has 2 N–H and O–H groups in total. The van der Waals surface area contributed by atoms with E-state index in [9.17, 15) is 29.6 Å². The molecule has 0 aliphatic heterocycles. The second kappa shape index (κ2) is 8.63. The minimum Gasteiger partial charge on any atom is -0.478 e. The van der Waals surface area contributed by atoms with Crippen LogP contribution in [0.4, 0.5) is 11.4 Å². The number of aryl methyl sites for hydroxylation is 1. The summed E-state index contributed by atoms with van der Waals surface area (Å²) in [4.78, 5) is 52.6. The number of aromatic nitrogens is 2. The SMILES string of the molecule is Cc1ccc(-c2nc3scc(C(=O)O)c3c(=O)n2CC(=O)Nc2ccc([N+](=O)[O-])cc2)cc1. The van der Waals surface area contributed by atoms with Crippen molar-refractivity contribution in [2.75, 3.05) is 5.32 Å². The monoisotopic (exact) mass is 464 g/mol. The molecule has 0 saturated heterocycles. The van der Waals surface area contributed by atoms with Crippen molar-refractivity contribution in [2.24, 2.45) is 0 Å². The summed E-state index contributed by atoms with van der Waals surface area (Å²) in [6.45, 7) is 1.47. The maximum Gasteiger partial charge on any atom is 0.337 e. The predicted molar refractivity (Wildman–Crippen MR) is 123 cm³/mol. The van der Waals surface area contributed by atoms with Crippen LogP contribution in [-0.2, 0) is 11.3 Å². The Morgan fingerprint density at radius 3 is 2.42 bits per heavy atom. The Morgan fingerprint density at radius 1 is 1.15 bits per heavy atom. The first-order valence-corrected chi connectivity index (χ1v) is 10.5. The van der Waals surface area contributed by atoms with Gasteiger partial charge in [0.05, 0.1) is 15.9 Å². The molecule has 166 valence electrons. The number of thiophene rings is 1. The molecule has 1 amide bonds. The van der Waals surface area contributed by atoms with Crippen molar-refractivity contribution in [3.8, 4) is 11.4 Å². The zero-order chi connectivity index (χ0) is 23.7. The van der Waals surface area contributed by atoms with Crippen LogP contribution >= 0.6 is 11.3 Å². The lowest BCUT2D eigenvalue weighted by Crippen LogP contribution is -2.30. The Morgan fingerprint density at radius 2 is 1.82 bits per heavy atom. The van der Waals surface area contributed by atoms with Crippen LogP contribution in [0, 0.1) is 17.0 Å². The molecule has 2 aromatic heterocycles. The lowest BCUT2D eigenvalue weighted by Gasteiger charge is -2.13. The maximum atomic E-state index is 13.3. The van der Waals surface area contributed by atoms with Gasteiger partial charge >= 0.3 is 5.97 Å². The van der Waals surface area contributed by atoms with E-state index in [1.54, 1.807) is 12.1 Å². The number of carboxylic acids is 1. The molecule has 0 bridgehead atoms. The van der Waals surface area contributed by atoms with Crippen molar-refractivity contribution in [3.63, 3.8) is 0 Å². The predicted octanol–water partition coefficient (Wildman–Crippen LogP) is 3.68. The van der Waals surface area contributed by atoms with Gasteiger partial charge in [-0.3, -0.25) is 24.3 Å². The molecule has 0 aliphatic carbocycles. The first-order valence-electron chi connectivity index (χ1n) is 9.61. The van der Waals surface area contributed by atoms with Crippen LogP contribution < -0.4 is 10.9 Å². The number of nitrogens with one attached hydrogen (secondary N) is 1. The van der Waals surface area contributed by atoms with Crippen molar-refractivity contribution in [3.05, 3.63) is 85.5 Å². The molecule has 2 heterocycles. The molecular weight excluding hydrogens is 448 g/mol. The summed E-state index contributed by atoms with van der Waals surface area (Å²) in [5.41, 5.74) is 0.952. The molecule has 11 heteroatoms. The number of aromatic carboxylic acids is 1. The zero-order valence-electron chi connectivity index (χ0n) is 17.1. The van der Waals surface area contributed by atoms with Crippen LogP contribution in [0.25, 0.3) is 21.6 Å². The number of amides is 1. The molecule has 33 heavy (non-hydrogen) atoms. The minimum atomic E-state index is -1.26. The molecule has 0 atom stereocenters. The molecule has 0 radical (unpaired) electrons. The quantitative estimate of drug-likeness (QED) is 0.327. The summed E-state index contributed by atoms with van der Waals surface area (Å²) < 4.78 is 1.13. The number of carbonyl (C=O) groups excluding carboxylic acids is 1. The number of carboxylic acid groups (broad SMARTS) is 1. The number of benzene rings is 2. The number of fused-ring (bicyclic) bond motifs is 1. The van der Waals surface area contributed by atoms with Gasteiger partial charge in [0, 0.05) is 28.8 Å². The van der Waals surface area contributed by atoms with Gasteiger partial charge in [-0.15, -0.1) is 11.3 Å². The summed E-state index contributed by atoms with van der Waals surface area (Å²) in [6.07, 6.45) is 0. The molecule has 4 rings (SSSR count). The Bertz CT molecular complexity index is 1460. The average Bonchev–Trinajstić information content (AvgIpc) is 3.21. The topological polar surface area (TPSA) is 144 Å². The van der Waals surface area contributed by atoms with Crippen molar-refractivity contribution < 1.29 is 19.6 Å². The lowest BCUT2D eigenvalue weighted by atomic mass is 10.1. The second-order valence-corrected chi connectivity index (χ2v) is 8.04. The summed E-state index contributed by atoms with van der Waals surface area (Å²) in [5.74, 6) is -1.61. The summed E-state index contributed by atoms with van der Waals surface area (Å²) in [5, 5.41) is 24.1. The molecular formula is C22H16N4O6S. The highest BCUT2D eigenvalue weighted by atomic mass is 32.1. The van der Waals surface area contributed by atoms with E-state index in [1.807, 2.05) is 19.1 Å². The van der Waals surface area contributed by atoms with E-state index >= 15 is 0 Å². The third-order valence-electron chi connectivity index (χ3n) is 4.90. The van der Waals surface area contributed by atoms with Crippen molar-refractivity contribution in [1.29, 1.82) is 0 Å². The summed E-state index contributed by atoms with van der Waals surface area (Å²) in [7, 11) is 0. The molecule has 0 fully saturated rings. The number of anilines is 1. The first-order chi connectivity index (χ1) is 15.7. The highest BCUT2D eigenvalue weighted by Crippen LogP contribution is 2.26. The van der Waals surface area contributed by atoms with Crippen LogP contribution in [0.5, 0.6) is 0 Å². The molecule has 10 nitrogen and oxygen atoms in total. The van der Waals surface area contributed by atoms with Crippen LogP contribution in [0.15, 0.2) is 58.7 Å². The Kier molecular flexibility index (Phi) is 5.71. The number of nitro groups is 1. The second-order valence-electron chi connectivity index (χ2n) is 7.18. The van der Waals surface area contributed by atoms with Gasteiger partial charge in [0.15, 0.2) is 0 Å². The number of carbonyl (C=O) groups is 2. The van der Waals surface area contributed by atoms with Crippen LogP contribution in [0.2, 0.25) is 0 Å². The Balaban J connectivity index is 1.76. The fourth-order valence-corrected chi connectivity index (χ4v) is 4.16. The standard InChI is InChI=1S/C22H16N4O6S/c1-12-2-4-13(5-3-12)19-24-20-18(16(11-33-20)22(29)30)21(28)25(19)10-17(27)23-14-6-8-15(9-7-14)26(31)32/h2-9,11H,10H2,1H3,(H,23,27)(H,29,30). The number of rotatable bonds is 6. The number of hydrogen-bond acceptors (Lipinski definition) is 7. The van der Waals surface area contributed by atoms with Gasteiger partial charge < -0.3 is 10.4 Å². The van der Waals surface area contributed by atoms with E-state index in [1.165, 1.54) is 29.6 Å². The Hall–Kier alpha value is -4.38. The number of nitro benzene ring substituents is 1. The molecule has 0 saturated carbocycles. The van der Waals surface area contributed by atoms with Gasteiger partial charge in [-0.25, -0.2) is 9.78 Å². The van der Waals surface area contributed by atoms with E-state index in [4.69, 9.17) is 0 Å².